The summed E-state index contributed by atoms with van der Waals surface area (Å²) in [6.07, 6.45) is 3.21. The van der Waals surface area contributed by atoms with Crippen LogP contribution in [0, 0.1) is 6.92 Å². The number of nitrogens with zero attached hydrogens (tertiary/aromatic N) is 3. The summed E-state index contributed by atoms with van der Waals surface area (Å²) < 4.78 is 57.4. The Bertz CT molecular complexity index is 1590. The lowest BCUT2D eigenvalue weighted by Gasteiger charge is -2.26. The molecule has 2 aromatic carbocycles. The van der Waals surface area contributed by atoms with Crippen molar-refractivity contribution in [1.29, 1.82) is 0 Å². The topological polar surface area (TPSA) is 148 Å². The minimum absolute atomic E-state index is 0.135. The number of piperidine rings is 1. The summed E-state index contributed by atoms with van der Waals surface area (Å²) in [6.45, 7) is 6.27. The average Bonchev–Trinajstić information content (AvgIpc) is 3.26. The number of hydrogen-bond donors (Lipinski definition) is 2. The van der Waals surface area contributed by atoms with E-state index in [1.807, 2.05) is 5.01 Å². The molecule has 0 atom stereocenters. The van der Waals surface area contributed by atoms with Crippen molar-refractivity contribution in [1.82, 2.24) is 20.0 Å². The van der Waals surface area contributed by atoms with Crippen LogP contribution in [0.25, 0.3) is 17.1 Å². The summed E-state index contributed by atoms with van der Waals surface area (Å²) in [6, 6.07) is 11.6. The monoisotopic (exact) mass is 646 g/mol. The lowest BCUT2D eigenvalue weighted by Crippen LogP contribution is -2.45. The second kappa shape index (κ2) is 14.0. The lowest BCUT2D eigenvalue weighted by molar-refractivity contribution is 0.0744. The van der Waals surface area contributed by atoms with Gasteiger partial charge in [-0.3, -0.25) is 19.3 Å². The standard InChI is InChI=1S/C24H26Cl2N4O4S.C2H6O3S/c1-3-35(32,33)34-19-10-8-18(9-11-19)30-16(2)22(24(31)28-29-13-5-4-6-14-29)27-23(30)20-12-7-17(25)15-21(20)26;1-2-6(3,4)5/h7-12,15H,3-6,13-14H2,1-2H3,(H,28,31);2H2,1H3,(H,3,4,5). The predicted octanol–water partition coefficient (Wildman–Crippen LogP) is 4.91. The molecular weight excluding hydrogens is 615 g/mol. The van der Waals surface area contributed by atoms with Crippen molar-refractivity contribution in [3.8, 4) is 22.8 Å². The van der Waals surface area contributed by atoms with Gasteiger partial charge in [0.2, 0.25) is 0 Å². The Hall–Kier alpha value is -2.68. The van der Waals surface area contributed by atoms with Crippen molar-refractivity contribution in [2.24, 2.45) is 0 Å². The zero-order chi connectivity index (χ0) is 30.4. The van der Waals surface area contributed by atoms with E-state index in [9.17, 15) is 21.6 Å². The van der Waals surface area contributed by atoms with Gasteiger partial charge in [0.1, 0.15) is 11.6 Å². The Morgan fingerprint density at radius 2 is 1.61 bits per heavy atom. The molecule has 11 nitrogen and oxygen atoms in total. The normalized spacial score (nSPS) is 14.2. The van der Waals surface area contributed by atoms with Crippen molar-refractivity contribution < 1.29 is 30.4 Å². The van der Waals surface area contributed by atoms with Gasteiger partial charge in [-0.05, 0) is 76.1 Å². The Morgan fingerprint density at radius 3 is 2.15 bits per heavy atom. The number of hydrazine groups is 1. The molecule has 4 rings (SSSR count). The second-order valence-electron chi connectivity index (χ2n) is 9.11. The van der Waals surface area contributed by atoms with Gasteiger partial charge in [0.15, 0.2) is 5.69 Å². The molecule has 1 aliphatic heterocycles. The highest BCUT2D eigenvalue weighted by molar-refractivity contribution is 7.87. The second-order valence-corrected chi connectivity index (χ2v) is 13.6. The minimum Gasteiger partial charge on any atom is -0.382 e. The quantitative estimate of drug-likeness (QED) is 0.257. The van der Waals surface area contributed by atoms with E-state index in [-0.39, 0.29) is 28.9 Å². The number of imidazole rings is 1. The molecule has 0 aliphatic carbocycles. The van der Waals surface area contributed by atoms with Gasteiger partial charge >= 0.3 is 10.1 Å². The molecule has 1 aromatic heterocycles. The first-order chi connectivity index (χ1) is 19.2. The van der Waals surface area contributed by atoms with E-state index in [0.717, 1.165) is 32.4 Å². The summed E-state index contributed by atoms with van der Waals surface area (Å²) >= 11 is 12.6. The van der Waals surface area contributed by atoms with Crippen LogP contribution in [0.15, 0.2) is 42.5 Å². The number of aromatic nitrogens is 2. The van der Waals surface area contributed by atoms with Gasteiger partial charge in [0.25, 0.3) is 16.0 Å². The van der Waals surface area contributed by atoms with E-state index < -0.39 is 20.2 Å². The Kier molecular flexibility index (Phi) is 11.2. The largest absolute Gasteiger partial charge is 0.382 e. The first-order valence-corrected chi connectivity index (χ1v) is 16.8. The number of carbonyl (C=O) groups is 1. The molecule has 224 valence electrons. The summed E-state index contributed by atoms with van der Waals surface area (Å²) in [5.41, 5.74) is 5.10. The molecular formula is C26H32Cl2N4O7S2. The third-order valence-corrected chi connectivity index (χ3v) is 8.58. The zero-order valence-electron chi connectivity index (χ0n) is 22.8. The van der Waals surface area contributed by atoms with Gasteiger partial charge in [-0.1, -0.05) is 29.6 Å². The molecule has 0 radical (unpaired) electrons. The van der Waals surface area contributed by atoms with Gasteiger partial charge in [0, 0.05) is 29.4 Å². The molecule has 2 heterocycles. The van der Waals surface area contributed by atoms with Gasteiger partial charge in [-0.2, -0.15) is 16.8 Å². The molecule has 0 bridgehead atoms. The molecule has 0 unspecified atom stereocenters. The third kappa shape index (κ3) is 9.15. The summed E-state index contributed by atoms with van der Waals surface area (Å²) in [5.74, 6) is 0.0191. The van der Waals surface area contributed by atoms with E-state index in [1.54, 1.807) is 54.0 Å². The molecule has 1 amide bonds. The van der Waals surface area contributed by atoms with E-state index in [4.69, 9.17) is 31.9 Å². The van der Waals surface area contributed by atoms with E-state index in [2.05, 4.69) is 10.4 Å². The number of carbonyl (C=O) groups excluding carboxylic acids is 1. The number of amides is 1. The van der Waals surface area contributed by atoms with E-state index in [0.29, 0.717) is 32.8 Å². The minimum atomic E-state index is -3.66. The van der Waals surface area contributed by atoms with Crippen LogP contribution in [0.3, 0.4) is 0 Å². The Labute approximate surface area is 250 Å². The number of halogens is 2. The van der Waals surface area contributed by atoms with Crippen LogP contribution < -0.4 is 9.61 Å². The average molecular weight is 648 g/mol. The number of nitrogens with one attached hydrogen (secondary N) is 1. The molecule has 15 heteroatoms. The van der Waals surface area contributed by atoms with Crippen LogP contribution in [0.4, 0.5) is 0 Å². The number of hydrogen-bond acceptors (Lipinski definition) is 8. The fourth-order valence-electron chi connectivity index (χ4n) is 3.94. The fourth-order valence-corrected chi connectivity index (χ4v) is 4.96. The number of rotatable bonds is 8. The number of benzene rings is 2. The van der Waals surface area contributed by atoms with Gasteiger partial charge in [-0.25, -0.2) is 9.99 Å². The highest BCUT2D eigenvalue weighted by Gasteiger charge is 2.25. The molecule has 1 aliphatic rings. The maximum Gasteiger partial charge on any atom is 0.308 e. The third-order valence-electron chi connectivity index (χ3n) is 6.15. The van der Waals surface area contributed by atoms with Crippen LogP contribution in [0.2, 0.25) is 10.0 Å². The first kappa shape index (κ1) is 32.8. The molecule has 2 N–H and O–H groups in total. The highest BCUT2D eigenvalue weighted by atomic mass is 35.5. The molecule has 41 heavy (non-hydrogen) atoms. The molecule has 0 saturated carbocycles. The SMILES string of the molecule is CCS(=O)(=O)O.CCS(=O)(=O)Oc1ccc(-n2c(-c3ccc(Cl)cc3Cl)nc(C(=O)NN3CCCCC3)c2C)cc1. The Balaban J connectivity index is 0.000000696. The summed E-state index contributed by atoms with van der Waals surface area (Å²) in [7, 11) is -7.31. The van der Waals surface area contributed by atoms with E-state index >= 15 is 0 Å². The Morgan fingerprint density at radius 1 is 1.00 bits per heavy atom. The lowest BCUT2D eigenvalue weighted by atomic mass is 10.2. The van der Waals surface area contributed by atoms with Crippen LogP contribution in [-0.2, 0) is 20.2 Å². The van der Waals surface area contributed by atoms with Crippen molar-refractivity contribution in [2.75, 3.05) is 24.6 Å². The molecule has 1 fully saturated rings. The maximum atomic E-state index is 13.2. The predicted molar refractivity (Wildman–Crippen MR) is 159 cm³/mol. The van der Waals surface area contributed by atoms with Gasteiger partial charge in [0.05, 0.1) is 22.2 Å². The van der Waals surface area contributed by atoms with Crippen molar-refractivity contribution in [3.63, 3.8) is 0 Å². The van der Waals surface area contributed by atoms with E-state index in [1.165, 1.54) is 13.8 Å². The van der Waals surface area contributed by atoms with Gasteiger partial charge < -0.3 is 4.18 Å². The van der Waals surface area contributed by atoms with Crippen LogP contribution in [-0.4, -0.2) is 66.5 Å². The van der Waals surface area contributed by atoms with Crippen molar-refractivity contribution >= 4 is 49.3 Å². The van der Waals surface area contributed by atoms with Gasteiger partial charge in [-0.15, -0.1) is 0 Å². The fraction of sp³-hybridized carbons (Fsp3) is 0.385. The van der Waals surface area contributed by atoms with Crippen LogP contribution in [0.1, 0.15) is 49.3 Å². The van der Waals surface area contributed by atoms with Crippen molar-refractivity contribution in [2.45, 2.75) is 40.0 Å². The summed E-state index contributed by atoms with van der Waals surface area (Å²) in [5, 5.41) is 2.79. The van der Waals surface area contributed by atoms with Crippen LogP contribution >= 0.6 is 23.2 Å². The maximum absolute atomic E-state index is 13.2. The van der Waals surface area contributed by atoms with Crippen LogP contribution in [0.5, 0.6) is 5.75 Å². The van der Waals surface area contributed by atoms with Crippen molar-refractivity contribution in [3.05, 3.63) is 63.9 Å². The zero-order valence-corrected chi connectivity index (χ0v) is 25.9. The highest BCUT2D eigenvalue weighted by Crippen LogP contribution is 2.33. The summed E-state index contributed by atoms with van der Waals surface area (Å²) in [4.78, 5) is 17.9. The molecule has 1 saturated heterocycles. The smallest absolute Gasteiger partial charge is 0.308 e. The first-order valence-electron chi connectivity index (χ1n) is 12.8. The molecule has 3 aromatic rings. The molecule has 0 spiro atoms.